The molecule has 2 rings (SSSR count). The monoisotopic (exact) mass is 220 g/mol. The summed E-state index contributed by atoms with van der Waals surface area (Å²) in [6, 6.07) is 0. The van der Waals surface area contributed by atoms with Crippen molar-refractivity contribution >= 4 is 5.69 Å². The van der Waals surface area contributed by atoms with Crippen LogP contribution in [0.4, 0.5) is 5.69 Å². The molecule has 0 bridgehead atoms. The number of hydrogen-bond donors (Lipinski definition) is 2. The van der Waals surface area contributed by atoms with E-state index in [-0.39, 0.29) is 0 Å². The number of nitrogens with two attached hydrogens (primary N) is 1. The first-order chi connectivity index (χ1) is 7.92. The third-order valence-electron chi connectivity index (χ3n) is 3.18. The van der Waals surface area contributed by atoms with Gasteiger partial charge in [0.2, 0.25) is 0 Å². The minimum absolute atomic E-state index is 0.628. The fourth-order valence-electron chi connectivity index (χ4n) is 2.32. The van der Waals surface area contributed by atoms with Crippen molar-refractivity contribution in [2.24, 2.45) is 5.73 Å². The molecular formula is C12H20N4. The largest absolute Gasteiger partial charge is 0.382 e. The van der Waals surface area contributed by atoms with Gasteiger partial charge in [0, 0.05) is 12.5 Å². The zero-order chi connectivity index (χ0) is 11.2. The molecule has 16 heavy (non-hydrogen) atoms. The minimum Gasteiger partial charge on any atom is -0.382 e. The van der Waals surface area contributed by atoms with E-state index >= 15 is 0 Å². The fourth-order valence-corrected chi connectivity index (χ4v) is 2.32. The lowest BCUT2D eigenvalue weighted by atomic mass is 10.0. The van der Waals surface area contributed by atoms with E-state index in [0.717, 1.165) is 25.2 Å². The average molecular weight is 220 g/mol. The van der Waals surface area contributed by atoms with Crippen LogP contribution in [0, 0.1) is 0 Å². The summed E-state index contributed by atoms with van der Waals surface area (Å²) in [5, 5.41) is 3.39. The Bertz CT molecular complexity index is 321. The number of rotatable bonds is 5. The Morgan fingerprint density at radius 3 is 2.94 bits per heavy atom. The van der Waals surface area contributed by atoms with Crippen LogP contribution in [0.15, 0.2) is 12.5 Å². The van der Waals surface area contributed by atoms with Gasteiger partial charge < -0.3 is 11.1 Å². The summed E-state index contributed by atoms with van der Waals surface area (Å²) in [6.07, 6.45) is 9.72. The van der Waals surface area contributed by atoms with Gasteiger partial charge in [-0.1, -0.05) is 12.8 Å². The molecule has 1 aromatic heterocycles. The molecule has 0 unspecified atom stereocenters. The molecule has 4 nitrogen and oxygen atoms in total. The van der Waals surface area contributed by atoms with E-state index in [0.29, 0.717) is 5.92 Å². The maximum absolute atomic E-state index is 5.48. The van der Waals surface area contributed by atoms with Crippen molar-refractivity contribution in [2.45, 2.75) is 38.0 Å². The highest BCUT2D eigenvalue weighted by Crippen LogP contribution is 2.35. The van der Waals surface area contributed by atoms with Gasteiger partial charge in [0.1, 0.15) is 6.33 Å². The maximum atomic E-state index is 5.48. The van der Waals surface area contributed by atoms with Crippen LogP contribution in [0.3, 0.4) is 0 Å². The lowest BCUT2D eigenvalue weighted by molar-refractivity contribution is 0.694. The molecule has 0 amide bonds. The first-order valence-corrected chi connectivity index (χ1v) is 6.15. The smallest absolute Gasteiger partial charge is 0.115 e. The van der Waals surface area contributed by atoms with Crippen LogP contribution < -0.4 is 11.1 Å². The Morgan fingerprint density at radius 1 is 1.38 bits per heavy atom. The van der Waals surface area contributed by atoms with Gasteiger partial charge in [0.25, 0.3) is 0 Å². The van der Waals surface area contributed by atoms with Crippen LogP contribution in [-0.2, 0) is 0 Å². The van der Waals surface area contributed by atoms with Crippen molar-refractivity contribution in [3.8, 4) is 0 Å². The highest BCUT2D eigenvalue weighted by molar-refractivity contribution is 5.47. The fraction of sp³-hybridized carbons (Fsp3) is 0.667. The molecule has 88 valence electrons. The SMILES string of the molecule is NCCCNc1cncnc1C1CCCC1. The van der Waals surface area contributed by atoms with Crippen molar-refractivity contribution in [3.63, 3.8) is 0 Å². The van der Waals surface area contributed by atoms with E-state index < -0.39 is 0 Å². The van der Waals surface area contributed by atoms with Gasteiger partial charge in [-0.05, 0) is 25.8 Å². The molecule has 0 aliphatic heterocycles. The second-order valence-electron chi connectivity index (χ2n) is 4.37. The van der Waals surface area contributed by atoms with Gasteiger partial charge in [-0.2, -0.15) is 0 Å². The van der Waals surface area contributed by atoms with Crippen molar-refractivity contribution in [1.82, 2.24) is 9.97 Å². The van der Waals surface area contributed by atoms with E-state index in [2.05, 4.69) is 15.3 Å². The normalized spacial score (nSPS) is 16.6. The Labute approximate surface area is 96.7 Å². The van der Waals surface area contributed by atoms with Gasteiger partial charge >= 0.3 is 0 Å². The Kier molecular flexibility index (Phi) is 4.10. The summed E-state index contributed by atoms with van der Waals surface area (Å²) in [4.78, 5) is 8.53. The zero-order valence-electron chi connectivity index (χ0n) is 9.65. The zero-order valence-corrected chi connectivity index (χ0v) is 9.65. The van der Waals surface area contributed by atoms with Crippen molar-refractivity contribution in [1.29, 1.82) is 0 Å². The summed E-state index contributed by atoms with van der Waals surface area (Å²) >= 11 is 0. The van der Waals surface area contributed by atoms with E-state index in [1.807, 2.05) is 6.20 Å². The number of hydrogen-bond acceptors (Lipinski definition) is 4. The van der Waals surface area contributed by atoms with Gasteiger partial charge in [-0.3, -0.25) is 0 Å². The maximum Gasteiger partial charge on any atom is 0.115 e. The molecule has 1 aliphatic rings. The Morgan fingerprint density at radius 2 is 2.19 bits per heavy atom. The molecule has 0 radical (unpaired) electrons. The van der Waals surface area contributed by atoms with Gasteiger partial charge in [-0.25, -0.2) is 9.97 Å². The lowest BCUT2D eigenvalue weighted by Gasteiger charge is -2.14. The highest BCUT2D eigenvalue weighted by Gasteiger charge is 2.20. The van der Waals surface area contributed by atoms with Crippen molar-refractivity contribution < 1.29 is 0 Å². The third-order valence-corrected chi connectivity index (χ3v) is 3.18. The van der Waals surface area contributed by atoms with E-state index in [1.54, 1.807) is 6.33 Å². The van der Waals surface area contributed by atoms with Crippen molar-refractivity contribution in [2.75, 3.05) is 18.4 Å². The number of nitrogens with zero attached hydrogens (tertiary/aromatic N) is 2. The molecule has 1 heterocycles. The Balaban J connectivity index is 2.04. The second kappa shape index (κ2) is 5.80. The molecular weight excluding hydrogens is 200 g/mol. The molecule has 1 fully saturated rings. The van der Waals surface area contributed by atoms with Crippen LogP contribution in [0.25, 0.3) is 0 Å². The second-order valence-corrected chi connectivity index (χ2v) is 4.37. The molecule has 4 heteroatoms. The van der Waals surface area contributed by atoms with Crippen LogP contribution in [0.5, 0.6) is 0 Å². The molecule has 0 spiro atoms. The topological polar surface area (TPSA) is 63.8 Å². The summed E-state index contributed by atoms with van der Waals surface area (Å²) < 4.78 is 0. The van der Waals surface area contributed by atoms with Crippen LogP contribution in [0.1, 0.15) is 43.7 Å². The molecule has 1 aromatic rings. The number of aromatic nitrogens is 2. The molecule has 1 aliphatic carbocycles. The summed E-state index contributed by atoms with van der Waals surface area (Å²) in [6.45, 7) is 1.63. The summed E-state index contributed by atoms with van der Waals surface area (Å²) in [5.74, 6) is 0.628. The molecule has 0 atom stereocenters. The molecule has 1 saturated carbocycles. The van der Waals surface area contributed by atoms with Gasteiger partial charge in [-0.15, -0.1) is 0 Å². The molecule has 0 saturated heterocycles. The summed E-state index contributed by atoms with van der Waals surface area (Å²) in [5.41, 5.74) is 7.78. The third kappa shape index (κ3) is 2.70. The number of anilines is 1. The van der Waals surface area contributed by atoms with Crippen molar-refractivity contribution in [3.05, 3.63) is 18.2 Å². The van der Waals surface area contributed by atoms with Gasteiger partial charge in [0.05, 0.1) is 17.6 Å². The molecule has 3 N–H and O–H groups in total. The predicted molar refractivity (Wildman–Crippen MR) is 65.4 cm³/mol. The molecule has 0 aromatic carbocycles. The predicted octanol–water partition coefficient (Wildman–Crippen LogP) is 1.89. The highest BCUT2D eigenvalue weighted by atomic mass is 14.9. The lowest BCUT2D eigenvalue weighted by Crippen LogP contribution is -2.11. The van der Waals surface area contributed by atoms with E-state index in [9.17, 15) is 0 Å². The standard InChI is InChI=1S/C12H20N4/c13-6-3-7-15-11-8-14-9-16-12(11)10-4-1-2-5-10/h8-10,15H,1-7,13H2. The number of nitrogens with one attached hydrogen (secondary N) is 1. The quantitative estimate of drug-likeness (QED) is 0.744. The minimum atomic E-state index is 0.628. The summed E-state index contributed by atoms with van der Waals surface area (Å²) in [7, 11) is 0. The van der Waals surface area contributed by atoms with Crippen LogP contribution in [-0.4, -0.2) is 23.1 Å². The van der Waals surface area contributed by atoms with Gasteiger partial charge in [0.15, 0.2) is 0 Å². The first-order valence-electron chi connectivity index (χ1n) is 6.15. The van der Waals surface area contributed by atoms with Crippen LogP contribution in [0.2, 0.25) is 0 Å². The van der Waals surface area contributed by atoms with E-state index in [1.165, 1.54) is 31.4 Å². The first kappa shape index (κ1) is 11.3. The van der Waals surface area contributed by atoms with E-state index in [4.69, 9.17) is 5.73 Å². The van der Waals surface area contributed by atoms with Crippen LogP contribution >= 0.6 is 0 Å². The average Bonchev–Trinajstić information content (AvgIpc) is 2.83. The Hall–Kier alpha value is -1.16.